The molecule has 1 saturated heterocycles. The average Bonchev–Trinajstić information content (AvgIpc) is 3.70. The van der Waals surface area contributed by atoms with E-state index in [2.05, 4.69) is 43.0 Å². The van der Waals surface area contributed by atoms with Crippen LogP contribution in [0.15, 0.2) is 64.8 Å². The molecule has 5 aromatic rings. The molecule has 9 nitrogen and oxygen atoms in total. The second-order valence-electron chi connectivity index (χ2n) is 9.90. The third kappa shape index (κ3) is 8.04. The maximum atomic E-state index is 13.3. The molecule has 44 heavy (non-hydrogen) atoms. The van der Waals surface area contributed by atoms with Gasteiger partial charge in [-0.3, -0.25) is 14.6 Å². The van der Waals surface area contributed by atoms with Crippen LogP contribution in [0.25, 0.3) is 10.9 Å². The lowest BCUT2D eigenvalue weighted by Crippen LogP contribution is -2.51. The van der Waals surface area contributed by atoms with Crippen LogP contribution in [0, 0.1) is 13.8 Å². The van der Waals surface area contributed by atoms with Crippen LogP contribution in [0.3, 0.4) is 0 Å². The maximum Gasteiger partial charge on any atom is 0.322 e. The Hall–Kier alpha value is -3.74. The molecule has 0 bridgehead atoms. The summed E-state index contributed by atoms with van der Waals surface area (Å²) < 4.78 is 6.07. The van der Waals surface area contributed by atoms with Crippen molar-refractivity contribution in [2.75, 3.05) is 24.2 Å². The van der Waals surface area contributed by atoms with Gasteiger partial charge < -0.3 is 15.0 Å². The van der Waals surface area contributed by atoms with E-state index < -0.39 is 0 Å². The van der Waals surface area contributed by atoms with Crippen LogP contribution in [-0.2, 0) is 6.61 Å². The first-order valence-electron chi connectivity index (χ1n) is 14.5. The Morgan fingerprint density at radius 3 is 2.52 bits per heavy atom. The smallest absolute Gasteiger partial charge is 0.322 e. The number of carbonyl (C=O) groups is 1. The van der Waals surface area contributed by atoms with E-state index in [9.17, 15) is 9.59 Å². The summed E-state index contributed by atoms with van der Waals surface area (Å²) in [6.07, 6.45) is 2.44. The number of aryl methyl sites for hydroxylation is 2. The van der Waals surface area contributed by atoms with Crippen LogP contribution in [0.1, 0.15) is 58.5 Å². The first-order chi connectivity index (χ1) is 21.4. The second kappa shape index (κ2) is 15.8. The predicted molar refractivity (Wildman–Crippen MR) is 184 cm³/mol. The van der Waals surface area contributed by atoms with Gasteiger partial charge in [-0.2, -0.15) is 17.7 Å². The summed E-state index contributed by atoms with van der Waals surface area (Å²) in [4.78, 5) is 36.4. The van der Waals surface area contributed by atoms with Gasteiger partial charge in [-0.05, 0) is 62.9 Å². The lowest BCUT2D eigenvalue weighted by Gasteiger charge is -2.37. The van der Waals surface area contributed by atoms with Crippen molar-refractivity contribution in [2.45, 2.75) is 52.7 Å². The van der Waals surface area contributed by atoms with Gasteiger partial charge in [0, 0.05) is 46.6 Å². The SMILES string of the molecule is CC.CS.Cc1csc(N2CCC(c3n[nH]c(=O)s3)C(NC(=O)c3ccc(OCc4cc(C)nc5ccccc45)cc3)C2)n1. The van der Waals surface area contributed by atoms with Crippen molar-refractivity contribution >= 4 is 57.2 Å². The lowest BCUT2D eigenvalue weighted by atomic mass is 9.92. The number of anilines is 1. The van der Waals surface area contributed by atoms with Gasteiger partial charge in [0.25, 0.3) is 5.91 Å². The second-order valence-corrected chi connectivity index (χ2v) is 11.7. The summed E-state index contributed by atoms with van der Waals surface area (Å²) in [7, 11) is 0. The third-order valence-corrected chi connectivity index (χ3v) is 8.92. The molecule has 4 heterocycles. The van der Waals surface area contributed by atoms with E-state index in [-0.39, 0.29) is 22.7 Å². The van der Waals surface area contributed by atoms with Crippen molar-refractivity contribution in [3.8, 4) is 5.75 Å². The Balaban J connectivity index is 0.00000106. The van der Waals surface area contributed by atoms with Crippen LogP contribution in [0.4, 0.5) is 5.13 Å². The molecular formula is C32H38N6O3S3. The summed E-state index contributed by atoms with van der Waals surface area (Å²) in [6.45, 7) is 9.70. The third-order valence-electron chi connectivity index (χ3n) is 7.02. The first kappa shape index (κ1) is 33.2. The van der Waals surface area contributed by atoms with E-state index in [0.717, 1.165) is 57.3 Å². The van der Waals surface area contributed by atoms with Crippen LogP contribution in [-0.4, -0.2) is 51.5 Å². The van der Waals surface area contributed by atoms with Gasteiger partial charge in [0.05, 0.1) is 17.3 Å². The highest BCUT2D eigenvalue weighted by atomic mass is 32.1. The number of nitrogens with zero attached hydrogens (tertiary/aromatic N) is 4. The molecule has 1 amide bonds. The van der Waals surface area contributed by atoms with E-state index in [1.807, 2.05) is 75.5 Å². The number of thiol groups is 1. The number of nitrogens with one attached hydrogen (secondary N) is 2. The molecule has 1 aliphatic rings. The number of benzene rings is 2. The number of rotatable bonds is 7. The van der Waals surface area contributed by atoms with E-state index in [0.29, 0.717) is 29.5 Å². The molecule has 0 saturated carbocycles. The van der Waals surface area contributed by atoms with Gasteiger partial charge >= 0.3 is 4.87 Å². The van der Waals surface area contributed by atoms with E-state index >= 15 is 0 Å². The van der Waals surface area contributed by atoms with Crippen molar-refractivity contribution in [2.24, 2.45) is 0 Å². The molecule has 12 heteroatoms. The minimum absolute atomic E-state index is 0.0635. The first-order valence-corrected chi connectivity index (χ1v) is 17.1. The number of hydrogen-bond acceptors (Lipinski definition) is 10. The number of aromatic amines is 1. The Morgan fingerprint density at radius 2 is 1.84 bits per heavy atom. The van der Waals surface area contributed by atoms with Gasteiger partial charge in [-0.25, -0.2) is 10.1 Å². The van der Waals surface area contributed by atoms with Gasteiger partial charge in [-0.1, -0.05) is 43.4 Å². The van der Waals surface area contributed by atoms with Crippen LogP contribution >= 0.6 is 35.3 Å². The average molecular weight is 651 g/mol. The number of carbonyl (C=O) groups excluding carboxylic acids is 1. The number of ether oxygens (including phenoxy) is 1. The minimum Gasteiger partial charge on any atom is -0.489 e. The predicted octanol–water partition coefficient (Wildman–Crippen LogP) is 6.40. The van der Waals surface area contributed by atoms with E-state index in [4.69, 9.17) is 4.74 Å². The van der Waals surface area contributed by atoms with Crippen molar-refractivity contribution in [1.29, 1.82) is 0 Å². The topological polar surface area (TPSA) is 113 Å². The minimum atomic E-state index is -0.233. The zero-order valence-corrected chi connectivity index (χ0v) is 28.1. The zero-order chi connectivity index (χ0) is 31.6. The van der Waals surface area contributed by atoms with Crippen LogP contribution < -0.4 is 19.8 Å². The summed E-state index contributed by atoms with van der Waals surface area (Å²) in [5, 5.41) is 14.7. The number of aromatic nitrogens is 4. The molecule has 0 aliphatic carbocycles. The molecule has 232 valence electrons. The number of thiazole rings is 1. The number of para-hydroxylation sites is 1. The van der Waals surface area contributed by atoms with Gasteiger partial charge in [-0.15, -0.1) is 11.3 Å². The summed E-state index contributed by atoms with van der Waals surface area (Å²) in [5.41, 5.74) is 4.46. The van der Waals surface area contributed by atoms with Gasteiger partial charge in [0.1, 0.15) is 17.4 Å². The van der Waals surface area contributed by atoms with Crippen molar-refractivity contribution in [3.05, 3.63) is 97.2 Å². The Kier molecular flexibility index (Phi) is 11.9. The van der Waals surface area contributed by atoms with Crippen molar-refractivity contribution in [3.63, 3.8) is 0 Å². The molecule has 2 N–H and O–H groups in total. The molecule has 6 rings (SSSR count). The summed E-state index contributed by atoms with van der Waals surface area (Å²) >= 11 is 6.23. The monoisotopic (exact) mass is 650 g/mol. The van der Waals surface area contributed by atoms with Gasteiger partial charge in [0.2, 0.25) is 0 Å². The summed E-state index contributed by atoms with van der Waals surface area (Å²) in [5.74, 6) is 0.432. The Labute approximate surface area is 271 Å². The number of hydrogen-bond donors (Lipinski definition) is 3. The maximum absolute atomic E-state index is 13.3. The fraction of sp³-hybridized carbons (Fsp3) is 0.344. The molecule has 2 aromatic carbocycles. The molecule has 1 fully saturated rings. The highest BCUT2D eigenvalue weighted by Crippen LogP contribution is 2.32. The molecule has 0 radical (unpaired) electrons. The van der Waals surface area contributed by atoms with Crippen LogP contribution in [0.5, 0.6) is 5.75 Å². The number of fused-ring (bicyclic) bond motifs is 1. The fourth-order valence-electron chi connectivity index (χ4n) is 5.08. The fourth-order valence-corrected chi connectivity index (χ4v) is 6.73. The van der Waals surface area contributed by atoms with Crippen LogP contribution in [0.2, 0.25) is 0 Å². The molecule has 2 atom stereocenters. The van der Waals surface area contributed by atoms with E-state index in [1.54, 1.807) is 29.7 Å². The lowest BCUT2D eigenvalue weighted by molar-refractivity contribution is 0.0927. The number of H-pyrrole nitrogens is 1. The Morgan fingerprint density at radius 1 is 1.09 bits per heavy atom. The standard InChI is InChI=1S/C29H28N6O3S2.C2H6.CH4S/c1-17-13-20(22-5-3-4-6-24(22)30-17)15-38-21-9-7-19(8-10-21)26(36)32-25-14-35(28-31-18(2)16-39-28)12-11-23(25)27-33-34-29(37)40-27;2*1-2/h3-10,13,16,23,25H,11-12,14-15H2,1-2H3,(H,32,36)(H,34,37);1-2H3;2H,1H3. The molecule has 1 aliphatic heterocycles. The Bertz CT molecular complexity index is 1720. The number of pyridine rings is 1. The highest BCUT2D eigenvalue weighted by Gasteiger charge is 2.34. The molecule has 2 unspecified atom stereocenters. The number of amides is 1. The quantitative estimate of drug-likeness (QED) is 0.175. The van der Waals surface area contributed by atoms with E-state index in [1.165, 1.54) is 0 Å². The zero-order valence-electron chi connectivity index (χ0n) is 25.5. The number of piperidine rings is 1. The molecule has 3 aromatic heterocycles. The molecule has 0 spiro atoms. The largest absolute Gasteiger partial charge is 0.489 e. The molecular weight excluding hydrogens is 613 g/mol. The van der Waals surface area contributed by atoms with Crippen molar-refractivity contribution < 1.29 is 9.53 Å². The van der Waals surface area contributed by atoms with Crippen molar-refractivity contribution in [1.82, 2.24) is 25.5 Å². The normalized spacial score (nSPS) is 15.9. The highest BCUT2D eigenvalue weighted by molar-refractivity contribution is 7.79. The summed E-state index contributed by atoms with van der Waals surface area (Å²) in [6, 6.07) is 17.0. The van der Waals surface area contributed by atoms with Gasteiger partial charge in [0.15, 0.2) is 5.13 Å².